The van der Waals surface area contributed by atoms with Crippen LogP contribution in [0.3, 0.4) is 0 Å². The van der Waals surface area contributed by atoms with Crippen LogP contribution in [-0.2, 0) is 6.42 Å². The van der Waals surface area contributed by atoms with Gasteiger partial charge in [0.25, 0.3) is 0 Å². The van der Waals surface area contributed by atoms with Gasteiger partial charge in [-0.3, -0.25) is 4.98 Å². The summed E-state index contributed by atoms with van der Waals surface area (Å²) in [6, 6.07) is 6.39. The molecular formula is C13H16N2S. The van der Waals surface area contributed by atoms with E-state index in [4.69, 9.17) is 5.73 Å². The molecule has 2 rings (SSSR count). The van der Waals surface area contributed by atoms with Crippen LogP contribution < -0.4 is 5.73 Å². The average molecular weight is 232 g/mol. The van der Waals surface area contributed by atoms with Crippen molar-refractivity contribution in [1.29, 1.82) is 0 Å². The fraction of sp³-hybridized carbons (Fsp3) is 0.308. The average Bonchev–Trinajstić information content (AvgIpc) is 2.74. The number of nitrogens with two attached hydrogens (primary N) is 1. The number of rotatable bonds is 4. The minimum atomic E-state index is 0.152. The number of nitrogens with zero attached hydrogens (tertiary/aromatic N) is 1. The summed E-state index contributed by atoms with van der Waals surface area (Å²) in [4.78, 5) is 5.34. The molecule has 2 aromatic heterocycles. The molecule has 2 N–H and O–H groups in total. The van der Waals surface area contributed by atoms with Crippen molar-refractivity contribution in [2.45, 2.75) is 25.8 Å². The first-order chi connectivity index (χ1) is 7.77. The van der Waals surface area contributed by atoms with Crippen LogP contribution in [0.25, 0.3) is 0 Å². The van der Waals surface area contributed by atoms with Crippen molar-refractivity contribution in [1.82, 2.24) is 4.98 Å². The molecule has 84 valence electrons. The summed E-state index contributed by atoms with van der Waals surface area (Å²) < 4.78 is 0. The molecule has 3 heteroatoms. The zero-order chi connectivity index (χ0) is 11.4. The maximum Gasteiger partial charge on any atom is 0.0308 e. The lowest BCUT2D eigenvalue weighted by atomic mass is 10.0. The van der Waals surface area contributed by atoms with Gasteiger partial charge in [-0.15, -0.1) is 11.3 Å². The Kier molecular flexibility index (Phi) is 3.70. The number of hydrogen-bond donors (Lipinski definition) is 1. The van der Waals surface area contributed by atoms with E-state index >= 15 is 0 Å². The Bertz CT molecular complexity index is 436. The molecule has 0 saturated heterocycles. The second-order valence-electron chi connectivity index (χ2n) is 3.93. The maximum atomic E-state index is 6.18. The first-order valence-electron chi connectivity index (χ1n) is 5.46. The molecule has 0 spiro atoms. The van der Waals surface area contributed by atoms with Gasteiger partial charge in [0.1, 0.15) is 0 Å². The van der Waals surface area contributed by atoms with Gasteiger partial charge in [0, 0.05) is 23.3 Å². The number of pyridine rings is 1. The lowest BCUT2D eigenvalue weighted by Crippen LogP contribution is -2.11. The number of thiophene rings is 1. The second-order valence-corrected chi connectivity index (χ2v) is 5.05. The van der Waals surface area contributed by atoms with Crippen LogP contribution in [0, 0.1) is 6.92 Å². The summed E-state index contributed by atoms with van der Waals surface area (Å²) in [6.07, 6.45) is 5.66. The molecule has 16 heavy (non-hydrogen) atoms. The third-order valence-electron chi connectivity index (χ3n) is 2.79. The van der Waals surface area contributed by atoms with Gasteiger partial charge in [-0.2, -0.15) is 0 Å². The van der Waals surface area contributed by atoms with Crippen LogP contribution >= 0.6 is 11.3 Å². The van der Waals surface area contributed by atoms with Crippen LogP contribution in [0.2, 0.25) is 0 Å². The summed E-state index contributed by atoms with van der Waals surface area (Å²) in [5.74, 6) is 0. The van der Waals surface area contributed by atoms with Crippen LogP contribution in [0.1, 0.15) is 28.5 Å². The van der Waals surface area contributed by atoms with Gasteiger partial charge in [0.05, 0.1) is 0 Å². The van der Waals surface area contributed by atoms with Gasteiger partial charge in [-0.1, -0.05) is 0 Å². The standard InChI is InChI=1S/C13H16N2S/c1-10-12(6-9-16-10)13(14)3-2-11-4-7-15-8-5-11/h4-9,13H,2-3,14H2,1H3. The quantitative estimate of drug-likeness (QED) is 0.879. The molecule has 2 nitrogen and oxygen atoms in total. The molecule has 0 aliphatic carbocycles. The number of hydrogen-bond acceptors (Lipinski definition) is 3. The Morgan fingerprint density at radius 2 is 2.06 bits per heavy atom. The normalized spacial score (nSPS) is 12.6. The lowest BCUT2D eigenvalue weighted by molar-refractivity contribution is 0.650. The van der Waals surface area contributed by atoms with Crippen molar-refractivity contribution in [2.24, 2.45) is 5.73 Å². The van der Waals surface area contributed by atoms with Gasteiger partial charge >= 0.3 is 0 Å². The smallest absolute Gasteiger partial charge is 0.0308 e. The Morgan fingerprint density at radius 1 is 1.31 bits per heavy atom. The van der Waals surface area contributed by atoms with E-state index in [-0.39, 0.29) is 6.04 Å². The summed E-state index contributed by atoms with van der Waals surface area (Å²) >= 11 is 1.76. The molecule has 0 bridgehead atoms. The zero-order valence-electron chi connectivity index (χ0n) is 9.39. The predicted octanol–water partition coefficient (Wildman–Crippen LogP) is 3.08. The number of aromatic nitrogens is 1. The second kappa shape index (κ2) is 5.23. The zero-order valence-corrected chi connectivity index (χ0v) is 10.2. The molecule has 0 radical (unpaired) electrons. The van der Waals surface area contributed by atoms with Crippen molar-refractivity contribution < 1.29 is 0 Å². The van der Waals surface area contributed by atoms with Crippen molar-refractivity contribution >= 4 is 11.3 Å². The molecular weight excluding hydrogens is 216 g/mol. The highest BCUT2D eigenvalue weighted by Crippen LogP contribution is 2.24. The molecule has 0 saturated carbocycles. The monoisotopic (exact) mass is 232 g/mol. The maximum absolute atomic E-state index is 6.18. The summed E-state index contributed by atoms with van der Waals surface area (Å²) in [5, 5.41) is 2.11. The van der Waals surface area contributed by atoms with E-state index < -0.39 is 0 Å². The van der Waals surface area contributed by atoms with E-state index in [9.17, 15) is 0 Å². The largest absolute Gasteiger partial charge is 0.324 e. The van der Waals surface area contributed by atoms with E-state index in [2.05, 4.69) is 23.4 Å². The van der Waals surface area contributed by atoms with Crippen molar-refractivity contribution in [3.05, 3.63) is 52.0 Å². The molecule has 2 aromatic rings. The molecule has 2 heterocycles. The van der Waals surface area contributed by atoms with Gasteiger partial charge < -0.3 is 5.73 Å². The highest BCUT2D eigenvalue weighted by Gasteiger charge is 2.09. The van der Waals surface area contributed by atoms with E-state index in [0.29, 0.717) is 0 Å². The molecule has 0 aliphatic rings. The summed E-state index contributed by atoms with van der Waals surface area (Å²) in [6.45, 7) is 2.13. The van der Waals surface area contributed by atoms with Crippen LogP contribution in [0.15, 0.2) is 36.0 Å². The Morgan fingerprint density at radius 3 is 2.69 bits per heavy atom. The fourth-order valence-corrected chi connectivity index (χ4v) is 2.58. The first kappa shape index (κ1) is 11.3. The Balaban J connectivity index is 1.94. The number of aryl methyl sites for hydroxylation is 2. The van der Waals surface area contributed by atoms with E-state index in [1.807, 2.05) is 24.5 Å². The van der Waals surface area contributed by atoms with Gasteiger partial charge in [0.15, 0.2) is 0 Å². The lowest BCUT2D eigenvalue weighted by Gasteiger charge is -2.11. The fourth-order valence-electron chi connectivity index (χ4n) is 1.81. The summed E-state index contributed by atoms with van der Waals surface area (Å²) in [5.41, 5.74) is 8.77. The van der Waals surface area contributed by atoms with Gasteiger partial charge in [-0.25, -0.2) is 0 Å². The SMILES string of the molecule is Cc1sccc1C(N)CCc1ccncc1. The van der Waals surface area contributed by atoms with Crippen molar-refractivity contribution in [3.8, 4) is 0 Å². The van der Waals surface area contributed by atoms with Crippen molar-refractivity contribution in [3.63, 3.8) is 0 Å². The Hall–Kier alpha value is -1.19. The van der Waals surface area contributed by atoms with Crippen LogP contribution in [-0.4, -0.2) is 4.98 Å². The third-order valence-corrected chi connectivity index (χ3v) is 3.65. The van der Waals surface area contributed by atoms with E-state index in [1.165, 1.54) is 16.0 Å². The molecule has 1 unspecified atom stereocenters. The van der Waals surface area contributed by atoms with Crippen LogP contribution in [0.4, 0.5) is 0 Å². The summed E-state index contributed by atoms with van der Waals surface area (Å²) in [7, 11) is 0. The first-order valence-corrected chi connectivity index (χ1v) is 6.34. The van der Waals surface area contributed by atoms with Crippen molar-refractivity contribution in [2.75, 3.05) is 0 Å². The van der Waals surface area contributed by atoms with Gasteiger partial charge in [-0.05, 0) is 54.5 Å². The minimum absolute atomic E-state index is 0.152. The third kappa shape index (κ3) is 2.68. The molecule has 0 aromatic carbocycles. The topological polar surface area (TPSA) is 38.9 Å². The van der Waals surface area contributed by atoms with E-state index in [0.717, 1.165) is 12.8 Å². The van der Waals surface area contributed by atoms with E-state index in [1.54, 1.807) is 11.3 Å². The van der Waals surface area contributed by atoms with Crippen LogP contribution in [0.5, 0.6) is 0 Å². The van der Waals surface area contributed by atoms with Gasteiger partial charge in [0.2, 0.25) is 0 Å². The molecule has 0 fully saturated rings. The predicted molar refractivity (Wildman–Crippen MR) is 68.5 cm³/mol. The minimum Gasteiger partial charge on any atom is -0.324 e. The molecule has 0 amide bonds. The highest BCUT2D eigenvalue weighted by molar-refractivity contribution is 7.10. The highest BCUT2D eigenvalue weighted by atomic mass is 32.1. The molecule has 0 aliphatic heterocycles. The molecule has 1 atom stereocenters. The Labute approximate surface area is 100 Å².